The van der Waals surface area contributed by atoms with Crippen LogP contribution >= 0.6 is 11.8 Å². The van der Waals surface area contributed by atoms with Gasteiger partial charge in [0.05, 0.1) is 0 Å². The minimum Gasteiger partial charge on any atom is -0.314 e. The summed E-state index contributed by atoms with van der Waals surface area (Å²) in [5, 5.41) is 3.27. The van der Waals surface area contributed by atoms with Gasteiger partial charge in [0.2, 0.25) is 0 Å². The fourth-order valence-corrected chi connectivity index (χ4v) is 2.61. The average molecular weight is 272 g/mol. The van der Waals surface area contributed by atoms with Crippen molar-refractivity contribution in [3.63, 3.8) is 0 Å². The fourth-order valence-electron chi connectivity index (χ4n) is 2.13. The van der Waals surface area contributed by atoms with Crippen LogP contribution < -0.4 is 5.32 Å². The number of nitrogens with one attached hydrogen (secondary N) is 1. The van der Waals surface area contributed by atoms with E-state index in [9.17, 15) is 8.78 Å². The van der Waals surface area contributed by atoms with Crippen LogP contribution in [-0.2, 0) is 6.42 Å². The molecule has 1 heterocycles. The highest BCUT2D eigenvalue weighted by Gasteiger charge is 2.13. The highest BCUT2D eigenvalue weighted by atomic mass is 32.2. The van der Waals surface area contributed by atoms with Crippen molar-refractivity contribution >= 4 is 11.8 Å². The lowest BCUT2D eigenvalue weighted by Gasteiger charge is -2.27. The number of hydrogen-bond donors (Lipinski definition) is 1. The summed E-state index contributed by atoms with van der Waals surface area (Å²) in [7, 11) is 0. The maximum Gasteiger partial charge on any atom is 0.137 e. The zero-order chi connectivity index (χ0) is 13.0. The summed E-state index contributed by atoms with van der Waals surface area (Å²) >= 11 is 1.23. The van der Waals surface area contributed by atoms with Crippen molar-refractivity contribution in [1.82, 2.24) is 10.2 Å². The van der Waals surface area contributed by atoms with Gasteiger partial charge >= 0.3 is 0 Å². The van der Waals surface area contributed by atoms with Crippen LogP contribution in [0.15, 0.2) is 17.0 Å². The van der Waals surface area contributed by atoms with E-state index in [0.29, 0.717) is 16.9 Å². The van der Waals surface area contributed by atoms with Crippen molar-refractivity contribution in [3.05, 3.63) is 29.3 Å². The Morgan fingerprint density at radius 2 is 1.94 bits per heavy atom. The van der Waals surface area contributed by atoms with E-state index in [0.717, 1.165) is 32.7 Å². The molecule has 1 saturated heterocycles. The largest absolute Gasteiger partial charge is 0.314 e. The lowest BCUT2D eigenvalue weighted by molar-refractivity contribution is 0.243. The topological polar surface area (TPSA) is 15.3 Å². The second kappa shape index (κ2) is 6.50. The molecule has 0 saturated carbocycles. The third kappa shape index (κ3) is 3.43. The number of halogens is 2. The summed E-state index contributed by atoms with van der Waals surface area (Å²) in [6.07, 6.45) is 2.32. The van der Waals surface area contributed by atoms with Crippen LogP contribution in [0.1, 0.15) is 5.56 Å². The predicted molar refractivity (Wildman–Crippen MR) is 71.2 cm³/mol. The first-order valence-electron chi connectivity index (χ1n) is 6.15. The molecule has 1 N–H and O–H groups in total. The molecule has 1 fully saturated rings. The first-order chi connectivity index (χ1) is 8.70. The number of benzene rings is 1. The van der Waals surface area contributed by atoms with E-state index in [1.807, 2.05) is 0 Å². The second-order valence-electron chi connectivity index (χ2n) is 4.42. The number of piperazine rings is 1. The highest BCUT2D eigenvalue weighted by molar-refractivity contribution is 7.98. The monoisotopic (exact) mass is 272 g/mol. The average Bonchev–Trinajstić information content (AvgIpc) is 2.40. The molecule has 0 unspecified atom stereocenters. The third-order valence-corrected chi connectivity index (χ3v) is 3.98. The van der Waals surface area contributed by atoms with E-state index in [-0.39, 0.29) is 11.6 Å². The van der Waals surface area contributed by atoms with Gasteiger partial charge in [-0.05, 0) is 30.4 Å². The lowest BCUT2D eigenvalue weighted by Crippen LogP contribution is -2.44. The van der Waals surface area contributed by atoms with Crippen molar-refractivity contribution < 1.29 is 8.78 Å². The molecule has 5 heteroatoms. The van der Waals surface area contributed by atoms with Crippen LogP contribution in [0.4, 0.5) is 8.78 Å². The Hall–Kier alpha value is -0.650. The maximum absolute atomic E-state index is 13.8. The van der Waals surface area contributed by atoms with Crippen molar-refractivity contribution in [2.45, 2.75) is 11.3 Å². The molecular formula is C13H18F2N2S. The Morgan fingerprint density at radius 1 is 1.22 bits per heavy atom. The predicted octanol–water partition coefficient (Wildman–Crippen LogP) is 2.13. The molecule has 100 valence electrons. The van der Waals surface area contributed by atoms with Crippen molar-refractivity contribution in [2.75, 3.05) is 39.0 Å². The van der Waals surface area contributed by atoms with E-state index in [4.69, 9.17) is 0 Å². The maximum atomic E-state index is 13.8. The number of rotatable bonds is 4. The summed E-state index contributed by atoms with van der Waals surface area (Å²) in [5.74, 6) is -0.616. The Bertz CT molecular complexity index is 406. The van der Waals surface area contributed by atoms with Crippen LogP contribution in [0.5, 0.6) is 0 Å². The van der Waals surface area contributed by atoms with Gasteiger partial charge in [0, 0.05) is 37.6 Å². The molecule has 2 nitrogen and oxygen atoms in total. The lowest BCUT2D eigenvalue weighted by atomic mass is 10.1. The summed E-state index contributed by atoms with van der Waals surface area (Å²) in [5.41, 5.74) is 0.476. The molecular weight excluding hydrogens is 254 g/mol. The third-order valence-electron chi connectivity index (χ3n) is 3.23. The van der Waals surface area contributed by atoms with Crippen LogP contribution in [0.3, 0.4) is 0 Å². The van der Waals surface area contributed by atoms with Crippen LogP contribution in [0, 0.1) is 11.6 Å². The number of nitrogens with zero attached hydrogens (tertiary/aromatic N) is 1. The molecule has 1 aliphatic heterocycles. The molecule has 18 heavy (non-hydrogen) atoms. The summed E-state index contributed by atoms with van der Waals surface area (Å²) in [4.78, 5) is 2.65. The molecule has 0 atom stereocenters. The van der Waals surface area contributed by atoms with Crippen molar-refractivity contribution in [3.8, 4) is 0 Å². The van der Waals surface area contributed by atoms with E-state index in [1.54, 1.807) is 6.26 Å². The van der Waals surface area contributed by atoms with E-state index >= 15 is 0 Å². The Balaban J connectivity index is 1.98. The van der Waals surface area contributed by atoms with Gasteiger partial charge in [-0.25, -0.2) is 8.78 Å². The second-order valence-corrected chi connectivity index (χ2v) is 5.27. The number of hydrogen-bond acceptors (Lipinski definition) is 3. The Labute approximate surface area is 111 Å². The molecule has 0 bridgehead atoms. The van der Waals surface area contributed by atoms with Gasteiger partial charge in [-0.1, -0.05) is 0 Å². The normalized spacial score (nSPS) is 17.1. The molecule has 0 aromatic heterocycles. The van der Waals surface area contributed by atoms with Crippen LogP contribution in [0.2, 0.25) is 0 Å². The van der Waals surface area contributed by atoms with E-state index in [1.165, 1.54) is 23.9 Å². The molecule has 1 aliphatic rings. The first-order valence-corrected chi connectivity index (χ1v) is 7.38. The van der Waals surface area contributed by atoms with Gasteiger partial charge in [0.15, 0.2) is 0 Å². The van der Waals surface area contributed by atoms with Gasteiger partial charge in [-0.2, -0.15) is 0 Å². The minimum atomic E-state index is -0.320. The van der Waals surface area contributed by atoms with E-state index in [2.05, 4.69) is 10.2 Å². The molecule has 0 amide bonds. The minimum absolute atomic E-state index is 0.295. The van der Waals surface area contributed by atoms with Crippen LogP contribution in [-0.4, -0.2) is 43.9 Å². The van der Waals surface area contributed by atoms with Gasteiger partial charge in [0.25, 0.3) is 0 Å². The number of thioether (sulfide) groups is 1. The van der Waals surface area contributed by atoms with Gasteiger partial charge in [-0.3, -0.25) is 0 Å². The van der Waals surface area contributed by atoms with E-state index < -0.39 is 0 Å². The fraction of sp³-hybridized carbons (Fsp3) is 0.538. The smallest absolute Gasteiger partial charge is 0.137 e. The Morgan fingerprint density at radius 3 is 2.61 bits per heavy atom. The summed E-state index contributed by atoms with van der Waals surface area (Å²) < 4.78 is 27.3. The first kappa shape index (κ1) is 13.8. The summed E-state index contributed by atoms with van der Waals surface area (Å²) in [6, 6.07) is 2.64. The molecule has 1 aromatic rings. The SMILES string of the molecule is CSc1cc(F)c(CCN2CCNCC2)cc1F. The van der Waals surface area contributed by atoms with Crippen molar-refractivity contribution in [1.29, 1.82) is 0 Å². The van der Waals surface area contributed by atoms with Gasteiger partial charge in [-0.15, -0.1) is 11.8 Å². The summed E-state index contributed by atoms with van der Waals surface area (Å²) in [6.45, 7) is 4.70. The van der Waals surface area contributed by atoms with Crippen molar-refractivity contribution in [2.24, 2.45) is 0 Å². The van der Waals surface area contributed by atoms with Crippen LogP contribution in [0.25, 0.3) is 0 Å². The molecule has 0 radical (unpaired) electrons. The molecule has 0 aliphatic carbocycles. The zero-order valence-electron chi connectivity index (χ0n) is 10.5. The van der Waals surface area contributed by atoms with Gasteiger partial charge < -0.3 is 10.2 Å². The van der Waals surface area contributed by atoms with Gasteiger partial charge in [0.1, 0.15) is 11.6 Å². The Kier molecular flexibility index (Phi) is 4.97. The zero-order valence-corrected chi connectivity index (χ0v) is 11.3. The molecule has 2 rings (SSSR count). The molecule has 1 aromatic carbocycles. The standard InChI is InChI=1S/C13H18F2N2S/c1-18-13-9-11(14)10(8-12(13)15)2-5-17-6-3-16-4-7-17/h8-9,16H,2-7H2,1H3. The molecule has 0 spiro atoms. The quantitative estimate of drug-likeness (QED) is 0.845. The highest BCUT2D eigenvalue weighted by Crippen LogP contribution is 2.23.